The molecule has 0 saturated carbocycles. The van der Waals surface area contributed by atoms with Crippen LogP contribution in [0.1, 0.15) is 0 Å². The summed E-state index contributed by atoms with van der Waals surface area (Å²) in [7, 11) is 0. The number of benzene rings is 10. The number of anilines is 3. The molecule has 0 N–H and O–H groups in total. The Morgan fingerprint density at radius 1 is 0.323 bits per heavy atom. The monoisotopic (exact) mass is 809 g/mol. The van der Waals surface area contributed by atoms with Crippen molar-refractivity contribution < 1.29 is 8.83 Å². The maximum atomic E-state index is 6.55. The second-order valence-electron chi connectivity index (χ2n) is 16.0. The fourth-order valence-corrected chi connectivity index (χ4v) is 10.5. The predicted octanol–water partition coefficient (Wildman–Crippen LogP) is 17.5. The summed E-state index contributed by atoms with van der Waals surface area (Å²) >= 11 is 1.85. The predicted molar refractivity (Wildman–Crippen MR) is 262 cm³/mol. The Balaban J connectivity index is 0.899. The van der Waals surface area contributed by atoms with Crippen LogP contribution in [0.2, 0.25) is 0 Å². The van der Waals surface area contributed by atoms with Crippen LogP contribution < -0.4 is 4.90 Å². The van der Waals surface area contributed by atoms with Gasteiger partial charge in [0.2, 0.25) is 0 Å². The molecule has 10 aromatic carbocycles. The molecule has 0 radical (unpaired) electrons. The number of rotatable bonds is 6. The van der Waals surface area contributed by atoms with Crippen molar-refractivity contribution in [2.75, 3.05) is 4.90 Å². The minimum atomic E-state index is 0.895. The van der Waals surface area contributed by atoms with E-state index in [1.54, 1.807) is 0 Å². The van der Waals surface area contributed by atoms with Crippen LogP contribution in [-0.4, -0.2) is 0 Å². The molecule has 0 unspecified atom stereocenters. The van der Waals surface area contributed by atoms with Gasteiger partial charge < -0.3 is 13.7 Å². The Kier molecular flexibility index (Phi) is 7.78. The van der Waals surface area contributed by atoms with Crippen molar-refractivity contribution in [3.8, 4) is 33.4 Å². The van der Waals surface area contributed by atoms with Crippen molar-refractivity contribution >= 4 is 103 Å². The van der Waals surface area contributed by atoms with Gasteiger partial charge in [-0.1, -0.05) is 127 Å². The van der Waals surface area contributed by atoms with Gasteiger partial charge in [0.1, 0.15) is 22.3 Å². The number of thiophene rings is 1. The zero-order chi connectivity index (χ0) is 40.7. The first-order chi connectivity index (χ1) is 30.7. The van der Waals surface area contributed by atoms with E-state index in [-0.39, 0.29) is 0 Å². The molecule has 0 aliphatic rings. The third kappa shape index (κ3) is 5.58. The fourth-order valence-electron chi connectivity index (χ4n) is 9.45. The highest BCUT2D eigenvalue weighted by Gasteiger charge is 2.18. The summed E-state index contributed by atoms with van der Waals surface area (Å²) in [6, 6.07) is 76.3. The van der Waals surface area contributed by atoms with Gasteiger partial charge in [0.15, 0.2) is 0 Å². The quantitative estimate of drug-likeness (QED) is 0.168. The second-order valence-corrected chi connectivity index (χ2v) is 17.1. The molecule has 3 aromatic heterocycles. The van der Waals surface area contributed by atoms with Crippen LogP contribution in [0.4, 0.5) is 17.1 Å². The molecule has 0 saturated heterocycles. The van der Waals surface area contributed by atoms with E-state index in [0.29, 0.717) is 0 Å². The summed E-state index contributed by atoms with van der Waals surface area (Å²) in [5.74, 6) is 0. The van der Waals surface area contributed by atoms with E-state index in [4.69, 9.17) is 8.83 Å². The lowest BCUT2D eigenvalue weighted by atomic mass is 9.97. The third-order valence-electron chi connectivity index (χ3n) is 12.5. The van der Waals surface area contributed by atoms with Gasteiger partial charge >= 0.3 is 0 Å². The highest BCUT2D eigenvalue weighted by atomic mass is 32.1. The Labute approximate surface area is 360 Å². The van der Waals surface area contributed by atoms with Crippen LogP contribution in [0.3, 0.4) is 0 Å². The van der Waals surface area contributed by atoms with E-state index in [0.717, 1.165) is 88.6 Å². The maximum Gasteiger partial charge on any atom is 0.143 e. The number of nitrogens with zero attached hydrogens (tertiary/aromatic N) is 1. The van der Waals surface area contributed by atoms with Crippen LogP contribution in [0.25, 0.3) is 108 Å². The average molecular weight is 810 g/mol. The van der Waals surface area contributed by atoms with Crippen LogP contribution >= 0.6 is 11.3 Å². The average Bonchev–Trinajstić information content (AvgIpc) is 4.03. The van der Waals surface area contributed by atoms with Gasteiger partial charge in [-0.05, 0) is 124 Å². The van der Waals surface area contributed by atoms with E-state index in [1.807, 2.05) is 23.5 Å². The van der Waals surface area contributed by atoms with Gasteiger partial charge in [-0.25, -0.2) is 0 Å². The topological polar surface area (TPSA) is 29.5 Å². The molecule has 13 aromatic rings. The van der Waals surface area contributed by atoms with E-state index in [2.05, 4.69) is 205 Å². The molecule has 0 aliphatic heterocycles. The molecule has 3 heterocycles. The number of para-hydroxylation sites is 1. The Morgan fingerprint density at radius 2 is 0.887 bits per heavy atom. The minimum absolute atomic E-state index is 0.895. The smallest absolute Gasteiger partial charge is 0.143 e. The van der Waals surface area contributed by atoms with E-state index in [1.165, 1.54) is 36.7 Å². The van der Waals surface area contributed by atoms with E-state index < -0.39 is 0 Å². The van der Waals surface area contributed by atoms with Gasteiger partial charge in [0.05, 0.1) is 0 Å². The van der Waals surface area contributed by atoms with E-state index >= 15 is 0 Å². The third-order valence-corrected chi connectivity index (χ3v) is 13.6. The van der Waals surface area contributed by atoms with Crippen molar-refractivity contribution in [2.45, 2.75) is 0 Å². The van der Waals surface area contributed by atoms with Crippen molar-refractivity contribution in [3.05, 3.63) is 212 Å². The van der Waals surface area contributed by atoms with Gasteiger partial charge in [0, 0.05) is 64.2 Å². The molecular formula is C58H35NO2S. The van der Waals surface area contributed by atoms with Crippen LogP contribution in [0, 0.1) is 0 Å². The molecule has 0 amide bonds. The zero-order valence-electron chi connectivity index (χ0n) is 33.4. The summed E-state index contributed by atoms with van der Waals surface area (Å²) in [6.07, 6.45) is 0. The molecule has 3 nitrogen and oxygen atoms in total. The number of fused-ring (bicyclic) bond motifs is 11. The van der Waals surface area contributed by atoms with Crippen molar-refractivity contribution in [1.29, 1.82) is 0 Å². The second kappa shape index (κ2) is 13.8. The molecule has 62 heavy (non-hydrogen) atoms. The van der Waals surface area contributed by atoms with Gasteiger partial charge in [-0.15, -0.1) is 11.3 Å². The molecule has 0 aliphatic carbocycles. The first-order valence-electron chi connectivity index (χ1n) is 21.0. The minimum Gasteiger partial charge on any atom is -0.456 e. The summed E-state index contributed by atoms with van der Waals surface area (Å²) in [6.45, 7) is 0. The van der Waals surface area contributed by atoms with E-state index in [9.17, 15) is 0 Å². The highest BCUT2D eigenvalue weighted by Crippen LogP contribution is 2.43. The normalized spacial score (nSPS) is 11.9. The van der Waals surface area contributed by atoms with Gasteiger partial charge in [0.25, 0.3) is 0 Å². The first-order valence-corrected chi connectivity index (χ1v) is 21.8. The molecule has 0 fully saturated rings. The Hall–Kier alpha value is -7.92. The molecule has 0 atom stereocenters. The molecule has 290 valence electrons. The summed E-state index contributed by atoms with van der Waals surface area (Å²) in [5.41, 5.74) is 13.9. The molecular weight excluding hydrogens is 775 g/mol. The molecule has 13 rings (SSSR count). The van der Waals surface area contributed by atoms with Crippen molar-refractivity contribution in [3.63, 3.8) is 0 Å². The lowest BCUT2D eigenvalue weighted by Crippen LogP contribution is -2.09. The SMILES string of the molecule is c1ccc2c(c1)ccc1c2oc2cccc(-c3ccc(N(c4ccc(-c5ccc6oc7ccccc7c6c5)cc4)c4ccc(-c5ccc6sc7ccccc7c6c5)cc4)cc3)c21. The number of hydrogen-bond acceptors (Lipinski definition) is 4. The van der Waals surface area contributed by atoms with Crippen molar-refractivity contribution in [1.82, 2.24) is 0 Å². The molecule has 0 bridgehead atoms. The van der Waals surface area contributed by atoms with Crippen LogP contribution in [0.5, 0.6) is 0 Å². The maximum absolute atomic E-state index is 6.55. The number of hydrogen-bond donors (Lipinski definition) is 0. The largest absolute Gasteiger partial charge is 0.456 e. The highest BCUT2D eigenvalue weighted by molar-refractivity contribution is 7.25. The van der Waals surface area contributed by atoms with Gasteiger partial charge in [-0.3, -0.25) is 0 Å². The summed E-state index contributed by atoms with van der Waals surface area (Å²) in [4.78, 5) is 2.35. The number of furan rings is 2. The first kappa shape index (κ1) is 34.9. The molecule has 0 spiro atoms. The molecule has 4 heteroatoms. The zero-order valence-corrected chi connectivity index (χ0v) is 34.2. The van der Waals surface area contributed by atoms with Crippen LogP contribution in [-0.2, 0) is 0 Å². The van der Waals surface area contributed by atoms with Gasteiger partial charge in [-0.2, -0.15) is 0 Å². The Bertz CT molecular complexity index is 3700. The fraction of sp³-hybridized carbons (Fsp3) is 0. The van der Waals surface area contributed by atoms with Crippen molar-refractivity contribution in [2.24, 2.45) is 0 Å². The lowest BCUT2D eigenvalue weighted by molar-refractivity contribution is 0.669. The lowest BCUT2D eigenvalue weighted by Gasteiger charge is -2.26. The Morgan fingerprint density at radius 3 is 1.65 bits per heavy atom. The summed E-state index contributed by atoms with van der Waals surface area (Å²) in [5, 5.41) is 9.46. The van der Waals surface area contributed by atoms with Crippen LogP contribution in [0.15, 0.2) is 221 Å². The standard InChI is InChI=1S/C58H35NO2S/c1-2-9-46-38(8-1)22-31-49-57-45(12-7-14-54(57)61-58(46)49)39-20-29-44(30-21-39)59(42-25-16-36(17-26-42)40-23-32-53-50(34-40)47-10-3-5-13-52(47)60-53)43-27-18-37(19-28-43)41-24-33-56-51(35-41)48-11-4-6-15-55(48)62-56/h1-35H. The summed E-state index contributed by atoms with van der Waals surface area (Å²) < 4.78 is 15.3.